The summed E-state index contributed by atoms with van der Waals surface area (Å²) in [7, 11) is 0. The van der Waals surface area contributed by atoms with Crippen LogP contribution in [0.3, 0.4) is 0 Å². The number of carbonyl (C=O) groups is 2. The number of carbonyl (C=O) groups excluding carboxylic acids is 1. The minimum atomic E-state index is -0.830. The van der Waals surface area contributed by atoms with Gasteiger partial charge in [0, 0.05) is 31.2 Å². The number of carboxylic acids is 1. The molecule has 3 aliphatic heterocycles. The van der Waals surface area contributed by atoms with Gasteiger partial charge in [0.1, 0.15) is 5.82 Å². The summed E-state index contributed by atoms with van der Waals surface area (Å²) in [6.07, 6.45) is 8.42. The molecule has 1 aliphatic carbocycles. The van der Waals surface area contributed by atoms with Crippen LogP contribution in [0.2, 0.25) is 0 Å². The SMILES string of the molecule is Cc1nc2ccccc2n1C1C[C@H]2CC[C@@H](C1)N2CCC1(c2ccccc2)CCN(C(=O)[C@H]2C[C@@H]2C(=O)O)CC1. The molecule has 7 rings (SSSR count). The van der Waals surface area contributed by atoms with Crippen molar-refractivity contribution in [2.45, 2.75) is 81.8 Å². The van der Waals surface area contributed by atoms with Crippen molar-refractivity contribution >= 4 is 22.9 Å². The largest absolute Gasteiger partial charge is 0.481 e. The molecule has 210 valence electrons. The number of para-hydroxylation sites is 2. The first kappa shape index (κ1) is 25.8. The van der Waals surface area contributed by atoms with E-state index in [-0.39, 0.29) is 17.2 Å². The fourth-order valence-corrected chi connectivity index (χ4v) is 8.40. The van der Waals surface area contributed by atoms with Gasteiger partial charge in [-0.05, 0) is 87.9 Å². The molecule has 4 fully saturated rings. The molecule has 1 N–H and O–H groups in total. The van der Waals surface area contributed by atoms with Gasteiger partial charge in [-0.3, -0.25) is 14.5 Å². The summed E-state index contributed by atoms with van der Waals surface area (Å²) < 4.78 is 2.50. The maximum absolute atomic E-state index is 13.0. The summed E-state index contributed by atoms with van der Waals surface area (Å²) in [5.74, 6) is -0.435. The Morgan fingerprint density at radius 2 is 1.57 bits per heavy atom. The van der Waals surface area contributed by atoms with Gasteiger partial charge in [-0.2, -0.15) is 0 Å². The van der Waals surface area contributed by atoms with Crippen LogP contribution in [0.4, 0.5) is 0 Å². The number of aromatic nitrogens is 2. The second kappa shape index (κ2) is 10.0. The van der Waals surface area contributed by atoms with Crippen molar-refractivity contribution in [3.8, 4) is 0 Å². The summed E-state index contributed by atoms with van der Waals surface area (Å²) >= 11 is 0. The number of hydrogen-bond donors (Lipinski definition) is 1. The van der Waals surface area contributed by atoms with Crippen LogP contribution in [0.5, 0.6) is 0 Å². The third kappa shape index (κ3) is 4.43. The van der Waals surface area contributed by atoms with Gasteiger partial charge >= 0.3 is 5.97 Å². The molecule has 1 amide bonds. The average Bonchev–Trinajstić information content (AvgIpc) is 3.66. The molecule has 4 aliphatic rings. The van der Waals surface area contributed by atoms with Crippen LogP contribution in [0.25, 0.3) is 11.0 Å². The highest BCUT2D eigenvalue weighted by Gasteiger charge is 2.51. The number of imidazole rings is 1. The molecule has 1 saturated carbocycles. The predicted molar refractivity (Wildman–Crippen MR) is 154 cm³/mol. The maximum atomic E-state index is 13.0. The van der Waals surface area contributed by atoms with E-state index in [1.165, 1.54) is 36.8 Å². The molecule has 2 aromatic carbocycles. The first-order chi connectivity index (χ1) is 19.4. The van der Waals surface area contributed by atoms with Gasteiger partial charge in [0.2, 0.25) is 5.91 Å². The number of rotatable bonds is 7. The number of carboxylic acid groups (broad SMARTS) is 1. The van der Waals surface area contributed by atoms with Gasteiger partial charge in [0.25, 0.3) is 0 Å². The number of nitrogens with zero attached hydrogens (tertiary/aromatic N) is 4. The van der Waals surface area contributed by atoms with Gasteiger partial charge in [-0.1, -0.05) is 42.5 Å². The normalized spacial score (nSPS) is 29.5. The molecule has 1 unspecified atom stereocenters. The number of aliphatic carboxylic acids is 1. The maximum Gasteiger partial charge on any atom is 0.307 e. The molecule has 7 heteroatoms. The van der Waals surface area contributed by atoms with Crippen LogP contribution in [-0.2, 0) is 15.0 Å². The van der Waals surface area contributed by atoms with Crippen molar-refractivity contribution in [2.24, 2.45) is 11.8 Å². The van der Waals surface area contributed by atoms with E-state index in [9.17, 15) is 14.7 Å². The Kier molecular flexibility index (Phi) is 6.45. The van der Waals surface area contributed by atoms with Crippen molar-refractivity contribution in [3.05, 3.63) is 66.0 Å². The van der Waals surface area contributed by atoms with Crippen LogP contribution < -0.4 is 0 Å². The molecule has 4 heterocycles. The molecule has 0 spiro atoms. The van der Waals surface area contributed by atoms with Crippen LogP contribution >= 0.6 is 0 Å². The Balaban J connectivity index is 1.05. The van der Waals surface area contributed by atoms with Gasteiger partial charge in [-0.15, -0.1) is 0 Å². The van der Waals surface area contributed by atoms with Gasteiger partial charge in [-0.25, -0.2) is 4.98 Å². The smallest absolute Gasteiger partial charge is 0.307 e. The Morgan fingerprint density at radius 3 is 2.25 bits per heavy atom. The summed E-state index contributed by atoms with van der Waals surface area (Å²) in [4.78, 5) is 33.9. The quantitative estimate of drug-likeness (QED) is 0.447. The van der Waals surface area contributed by atoms with E-state index in [0.29, 0.717) is 24.5 Å². The fraction of sp³-hybridized carbons (Fsp3) is 0.545. The van der Waals surface area contributed by atoms with E-state index >= 15 is 0 Å². The van der Waals surface area contributed by atoms with Crippen molar-refractivity contribution in [3.63, 3.8) is 0 Å². The number of likely N-dealkylation sites (tertiary alicyclic amines) is 1. The third-order valence-corrected chi connectivity index (χ3v) is 10.7. The molecule has 1 aromatic heterocycles. The minimum Gasteiger partial charge on any atom is -0.481 e. The highest BCUT2D eigenvalue weighted by Crippen LogP contribution is 2.46. The zero-order valence-corrected chi connectivity index (χ0v) is 23.4. The number of fused-ring (bicyclic) bond motifs is 3. The molecule has 5 atom stereocenters. The lowest BCUT2D eigenvalue weighted by molar-refractivity contribution is -0.142. The van der Waals surface area contributed by atoms with Gasteiger partial charge < -0.3 is 14.6 Å². The van der Waals surface area contributed by atoms with Gasteiger partial charge in [0.15, 0.2) is 0 Å². The van der Waals surface area contributed by atoms with Crippen LogP contribution in [0.1, 0.15) is 68.8 Å². The van der Waals surface area contributed by atoms with E-state index in [4.69, 9.17) is 4.98 Å². The van der Waals surface area contributed by atoms with E-state index in [2.05, 4.69) is 71.0 Å². The molecule has 40 heavy (non-hydrogen) atoms. The van der Waals surface area contributed by atoms with E-state index in [0.717, 1.165) is 50.2 Å². The Hall–Kier alpha value is -3.19. The molecule has 0 radical (unpaired) electrons. The van der Waals surface area contributed by atoms with Crippen molar-refractivity contribution in [1.82, 2.24) is 19.4 Å². The average molecular weight is 541 g/mol. The first-order valence-electron chi connectivity index (χ1n) is 15.2. The molecule has 2 bridgehead atoms. The second-order valence-electron chi connectivity index (χ2n) is 12.8. The topological polar surface area (TPSA) is 78.7 Å². The molecular formula is C33H40N4O3. The predicted octanol–water partition coefficient (Wildman–Crippen LogP) is 5.18. The fourth-order valence-electron chi connectivity index (χ4n) is 8.40. The highest BCUT2D eigenvalue weighted by atomic mass is 16.4. The molecule has 3 saturated heterocycles. The van der Waals surface area contributed by atoms with Crippen LogP contribution in [0.15, 0.2) is 54.6 Å². The van der Waals surface area contributed by atoms with E-state index in [1.807, 2.05) is 4.90 Å². The van der Waals surface area contributed by atoms with Crippen LogP contribution in [0, 0.1) is 18.8 Å². The highest BCUT2D eigenvalue weighted by molar-refractivity contribution is 5.89. The van der Waals surface area contributed by atoms with E-state index < -0.39 is 11.9 Å². The lowest BCUT2D eigenvalue weighted by atomic mass is 9.70. The molecule has 3 aromatic rings. The first-order valence-corrected chi connectivity index (χ1v) is 15.2. The van der Waals surface area contributed by atoms with Gasteiger partial charge in [0.05, 0.1) is 22.9 Å². The monoisotopic (exact) mass is 540 g/mol. The number of aryl methyl sites for hydroxylation is 1. The van der Waals surface area contributed by atoms with Crippen molar-refractivity contribution < 1.29 is 14.7 Å². The third-order valence-electron chi connectivity index (χ3n) is 10.7. The van der Waals surface area contributed by atoms with Crippen LogP contribution in [-0.4, -0.2) is 68.1 Å². The lowest BCUT2D eigenvalue weighted by Gasteiger charge is -2.45. The number of piperidine rings is 2. The van der Waals surface area contributed by atoms with Crippen molar-refractivity contribution in [2.75, 3.05) is 19.6 Å². The summed E-state index contributed by atoms with van der Waals surface area (Å²) in [6, 6.07) is 21.2. The second-order valence-corrected chi connectivity index (χ2v) is 12.8. The summed E-state index contributed by atoms with van der Waals surface area (Å²) in [5.41, 5.74) is 3.81. The van der Waals surface area contributed by atoms with Crippen molar-refractivity contribution in [1.29, 1.82) is 0 Å². The Bertz CT molecular complexity index is 1400. The summed E-state index contributed by atoms with van der Waals surface area (Å²) in [5, 5.41) is 9.29. The Morgan fingerprint density at radius 1 is 0.900 bits per heavy atom. The Labute approximate surface area is 236 Å². The standard InChI is InChI=1S/C33H40N4O3/c1-22-34-29-9-5-6-10-30(29)37(22)26-19-24-11-12-25(20-26)36(24)18-15-33(23-7-3-2-4-8-23)13-16-35(17-14-33)31(38)27-21-28(27)32(39)40/h2-10,24-28H,11-21H2,1H3,(H,39,40)/t24-,25+,26?,27-,28-/m0/s1. The minimum absolute atomic E-state index is 0.0523. The number of benzene rings is 2. The number of hydrogen-bond acceptors (Lipinski definition) is 4. The summed E-state index contributed by atoms with van der Waals surface area (Å²) in [6.45, 7) is 4.69. The number of amides is 1. The zero-order chi connectivity index (χ0) is 27.4. The molecule has 7 nitrogen and oxygen atoms in total. The molecular weight excluding hydrogens is 500 g/mol. The van der Waals surface area contributed by atoms with E-state index in [1.54, 1.807) is 0 Å². The zero-order valence-electron chi connectivity index (χ0n) is 23.4. The lowest BCUT2D eigenvalue weighted by Crippen LogP contribution is -2.49.